The molecule has 0 spiro atoms. The number of nitrogens with one attached hydrogen (secondary N) is 1. The van der Waals surface area contributed by atoms with Gasteiger partial charge in [0.2, 0.25) is 5.91 Å². The fraction of sp³-hybridized carbons (Fsp3) is 0.778. The van der Waals surface area contributed by atoms with Gasteiger partial charge in [-0.2, -0.15) is 0 Å². The summed E-state index contributed by atoms with van der Waals surface area (Å²) in [5.41, 5.74) is 6.84. The van der Waals surface area contributed by atoms with Crippen LogP contribution in [0.2, 0.25) is 0 Å². The number of hydrogen-bond acceptors (Lipinski definition) is 9. The summed E-state index contributed by atoms with van der Waals surface area (Å²) in [7, 11) is -0.721. The van der Waals surface area contributed by atoms with Gasteiger partial charge in [-0.25, -0.2) is 15.0 Å². The Morgan fingerprint density at radius 1 is 1.02 bits per heavy atom. The summed E-state index contributed by atoms with van der Waals surface area (Å²) in [6.07, 6.45) is 17.0. The van der Waals surface area contributed by atoms with Gasteiger partial charge in [0.15, 0.2) is 23.8 Å². The molecule has 2 aromatic rings. The first-order valence-corrected chi connectivity index (χ1v) is 17.0. The van der Waals surface area contributed by atoms with E-state index in [1.165, 1.54) is 77.6 Å². The molecule has 5 atom stereocenters. The van der Waals surface area contributed by atoms with E-state index >= 15 is 0 Å². The summed E-state index contributed by atoms with van der Waals surface area (Å²) in [5.74, 6) is 0.200. The van der Waals surface area contributed by atoms with Gasteiger partial charge in [0.1, 0.15) is 36.3 Å². The SMILES string of the molecule is CCCCCCCCCCCCCCCC(=O)NC[C@H]1O[C@@H](n2cnc3c(N)ncnc32)C(OC)C1O[P+](=O)S. The lowest BCUT2D eigenvalue weighted by molar-refractivity contribution is -0.122. The van der Waals surface area contributed by atoms with Crippen LogP contribution in [0.25, 0.3) is 11.2 Å². The first kappa shape index (κ1) is 32.7. The predicted molar refractivity (Wildman–Crippen MR) is 159 cm³/mol. The number of thiol groups is 1. The molecule has 224 valence electrons. The number of anilines is 1. The molecule has 0 aliphatic carbocycles. The number of nitrogen functional groups attached to an aromatic ring is 1. The molecule has 11 nitrogen and oxygen atoms in total. The van der Waals surface area contributed by atoms with Crippen molar-refractivity contribution >= 4 is 42.4 Å². The number of nitrogens with two attached hydrogens (primary N) is 1. The average molecular weight is 598 g/mol. The molecule has 0 saturated carbocycles. The van der Waals surface area contributed by atoms with Gasteiger partial charge in [0.25, 0.3) is 0 Å². The molecule has 0 radical (unpaired) electrons. The number of fused-ring (bicyclic) bond motifs is 1. The Morgan fingerprint density at radius 2 is 1.65 bits per heavy atom. The van der Waals surface area contributed by atoms with Gasteiger partial charge < -0.3 is 20.5 Å². The summed E-state index contributed by atoms with van der Waals surface area (Å²) >= 11 is 3.92. The van der Waals surface area contributed by atoms with Crippen molar-refractivity contribution < 1.29 is 23.4 Å². The monoisotopic (exact) mass is 597 g/mol. The number of methoxy groups -OCH3 is 1. The summed E-state index contributed by atoms with van der Waals surface area (Å²) in [5, 5.41) is 2.94. The third-order valence-corrected chi connectivity index (χ3v) is 8.15. The Labute approximate surface area is 243 Å². The minimum absolute atomic E-state index is 0.0494. The highest BCUT2D eigenvalue weighted by Crippen LogP contribution is 2.41. The Morgan fingerprint density at radius 3 is 2.25 bits per heavy atom. The smallest absolute Gasteiger partial charge is 0.382 e. The molecule has 3 rings (SSSR count). The van der Waals surface area contributed by atoms with Crippen molar-refractivity contribution in [2.75, 3.05) is 19.4 Å². The number of aromatic nitrogens is 4. The Hall–Kier alpha value is -1.85. The maximum Gasteiger partial charge on any atom is 0.582 e. The van der Waals surface area contributed by atoms with E-state index in [0.29, 0.717) is 17.6 Å². The number of unbranched alkanes of at least 4 members (excludes halogenated alkanes) is 12. The number of imidazole rings is 1. The van der Waals surface area contributed by atoms with Crippen molar-refractivity contribution in [2.24, 2.45) is 0 Å². The van der Waals surface area contributed by atoms with Gasteiger partial charge in [-0.05, 0) is 11.0 Å². The van der Waals surface area contributed by atoms with Gasteiger partial charge in [-0.15, -0.1) is 4.52 Å². The fourth-order valence-corrected chi connectivity index (χ4v) is 6.03. The number of rotatable bonds is 20. The zero-order chi connectivity index (χ0) is 28.7. The molecule has 13 heteroatoms. The van der Waals surface area contributed by atoms with Crippen LogP contribution < -0.4 is 11.1 Å². The number of ether oxygens (including phenoxy) is 2. The highest BCUT2D eigenvalue weighted by molar-refractivity contribution is 8.39. The Kier molecular flexibility index (Phi) is 14.6. The molecular formula is C27H46N6O5PS+. The molecule has 1 saturated heterocycles. The highest BCUT2D eigenvalue weighted by atomic mass is 32.7. The summed E-state index contributed by atoms with van der Waals surface area (Å²) in [4.78, 5) is 25.1. The molecule has 1 amide bonds. The molecule has 1 aliphatic rings. The lowest BCUT2D eigenvalue weighted by Crippen LogP contribution is -2.41. The summed E-state index contributed by atoms with van der Waals surface area (Å²) in [6.45, 7) is 2.43. The van der Waals surface area contributed by atoms with E-state index in [2.05, 4.69) is 39.4 Å². The van der Waals surface area contributed by atoms with E-state index in [9.17, 15) is 9.36 Å². The molecular weight excluding hydrogens is 551 g/mol. The number of carbonyl (C=O) groups excluding carboxylic acids is 1. The van der Waals surface area contributed by atoms with Crippen LogP contribution >= 0.6 is 19.5 Å². The molecule has 40 heavy (non-hydrogen) atoms. The van der Waals surface area contributed by atoms with Crippen LogP contribution in [0.1, 0.15) is 103 Å². The number of amides is 1. The van der Waals surface area contributed by atoms with Crippen molar-refractivity contribution in [3.05, 3.63) is 12.7 Å². The quantitative estimate of drug-likeness (QED) is 0.0967. The molecule has 3 unspecified atom stereocenters. The normalized spacial score (nSPS) is 21.2. The van der Waals surface area contributed by atoms with Crippen molar-refractivity contribution in [3.8, 4) is 0 Å². The standard InChI is InChI=1S/C27H45N6O5PS/c1-3-4-5-6-7-8-9-10-11-12-13-14-15-16-21(34)29-17-20-23(38-39(35)40)24(36-2)27(37-20)33-19-32-22-25(28)30-18-31-26(22)33/h18-20,23-24,27H,3-17H2,1-2H3,(H3-,28,29,30,31,34,35,40)/p+1/t20-,23?,24?,27-/m1/s1. The van der Waals surface area contributed by atoms with Crippen LogP contribution in [0.3, 0.4) is 0 Å². The third kappa shape index (κ3) is 9.91. The van der Waals surface area contributed by atoms with Crippen molar-refractivity contribution in [1.29, 1.82) is 0 Å². The predicted octanol–water partition coefficient (Wildman–Crippen LogP) is 5.89. The molecule has 3 N–H and O–H groups in total. The second-order valence-corrected chi connectivity index (χ2v) is 12.1. The van der Waals surface area contributed by atoms with Crippen molar-refractivity contribution in [1.82, 2.24) is 24.8 Å². The Bertz CT molecular complexity index is 1060. The lowest BCUT2D eigenvalue weighted by Gasteiger charge is -2.19. The van der Waals surface area contributed by atoms with Gasteiger partial charge in [0.05, 0.1) is 6.33 Å². The van der Waals surface area contributed by atoms with Gasteiger partial charge in [-0.3, -0.25) is 9.36 Å². The maximum atomic E-state index is 12.5. The van der Waals surface area contributed by atoms with Crippen molar-refractivity contribution in [2.45, 2.75) is 121 Å². The topological polar surface area (TPSA) is 143 Å². The van der Waals surface area contributed by atoms with E-state index in [1.807, 2.05) is 0 Å². The number of carbonyl (C=O) groups is 1. The highest BCUT2D eigenvalue weighted by Gasteiger charge is 2.51. The largest absolute Gasteiger partial charge is 0.582 e. The van der Waals surface area contributed by atoms with Crippen LogP contribution in [-0.4, -0.2) is 57.4 Å². The summed E-state index contributed by atoms with van der Waals surface area (Å²) < 4.78 is 31.1. The van der Waals surface area contributed by atoms with Crippen LogP contribution in [0.5, 0.6) is 0 Å². The fourth-order valence-electron chi connectivity index (χ4n) is 5.24. The van der Waals surface area contributed by atoms with Crippen LogP contribution in [0.15, 0.2) is 12.7 Å². The molecule has 0 bridgehead atoms. The Balaban J connectivity index is 1.39. The van der Waals surface area contributed by atoms with Gasteiger partial charge in [-0.1, -0.05) is 84.0 Å². The minimum Gasteiger partial charge on any atom is -0.382 e. The molecule has 1 fully saturated rings. The number of nitrogens with zero attached hydrogens (tertiary/aromatic N) is 4. The molecule has 3 heterocycles. The second kappa shape index (κ2) is 17.9. The van der Waals surface area contributed by atoms with Gasteiger partial charge in [0, 0.05) is 20.1 Å². The first-order valence-electron chi connectivity index (χ1n) is 14.7. The molecule has 1 aliphatic heterocycles. The van der Waals surface area contributed by atoms with E-state index in [4.69, 9.17) is 19.7 Å². The number of hydrogen-bond donors (Lipinski definition) is 3. The third-order valence-electron chi connectivity index (χ3n) is 7.44. The van der Waals surface area contributed by atoms with E-state index in [-0.39, 0.29) is 18.3 Å². The van der Waals surface area contributed by atoms with Gasteiger partial charge >= 0.3 is 7.23 Å². The summed E-state index contributed by atoms with van der Waals surface area (Å²) in [6, 6.07) is 0. The van der Waals surface area contributed by atoms with Crippen LogP contribution in [0.4, 0.5) is 5.82 Å². The zero-order valence-corrected chi connectivity index (χ0v) is 25.7. The van der Waals surface area contributed by atoms with Crippen LogP contribution in [0, 0.1) is 0 Å². The average Bonchev–Trinajstić information content (AvgIpc) is 3.51. The molecule has 2 aromatic heterocycles. The first-order chi connectivity index (χ1) is 19.5. The minimum atomic E-state index is -2.24. The van der Waals surface area contributed by atoms with E-state index in [0.717, 1.165) is 19.3 Å². The van der Waals surface area contributed by atoms with E-state index in [1.54, 1.807) is 10.9 Å². The van der Waals surface area contributed by atoms with Crippen molar-refractivity contribution in [3.63, 3.8) is 0 Å². The van der Waals surface area contributed by atoms with Crippen LogP contribution in [-0.2, 0) is 23.4 Å². The second-order valence-electron chi connectivity index (χ2n) is 10.5. The van der Waals surface area contributed by atoms with E-state index < -0.39 is 31.8 Å². The zero-order valence-electron chi connectivity index (χ0n) is 23.9. The lowest BCUT2D eigenvalue weighted by atomic mass is 10.0. The molecule has 0 aromatic carbocycles. The maximum absolute atomic E-state index is 12.5.